The molecule has 0 spiro atoms. The van der Waals surface area contributed by atoms with Gasteiger partial charge in [-0.1, -0.05) is 0 Å². The molecule has 0 aliphatic carbocycles. The minimum absolute atomic E-state index is 0.00614. The summed E-state index contributed by atoms with van der Waals surface area (Å²) in [6, 6.07) is 0. The molecule has 2 heterocycles. The number of aryl methyl sites for hydroxylation is 1. The van der Waals surface area contributed by atoms with Crippen molar-refractivity contribution in [1.29, 1.82) is 0 Å². The monoisotopic (exact) mass is 267 g/mol. The number of H-pyrrole nitrogens is 1. The lowest BCUT2D eigenvalue weighted by molar-refractivity contribution is -0.109. The summed E-state index contributed by atoms with van der Waals surface area (Å²) < 4.78 is 7.05. The average molecular weight is 267 g/mol. The zero-order valence-electron chi connectivity index (χ0n) is 10.7. The minimum atomic E-state index is -0.511. The molecule has 7 nitrogen and oxygen atoms in total. The van der Waals surface area contributed by atoms with Gasteiger partial charge in [0, 0.05) is 24.7 Å². The van der Waals surface area contributed by atoms with E-state index in [9.17, 15) is 14.4 Å². The zero-order valence-corrected chi connectivity index (χ0v) is 10.7. The van der Waals surface area contributed by atoms with Crippen LogP contribution in [0.3, 0.4) is 0 Å². The van der Waals surface area contributed by atoms with Gasteiger partial charge in [0.25, 0.3) is 5.56 Å². The van der Waals surface area contributed by atoms with Crippen LogP contribution in [-0.4, -0.2) is 28.5 Å². The molecule has 104 valence electrons. The second-order valence-electron chi connectivity index (χ2n) is 4.74. The molecule has 0 amide bonds. The van der Waals surface area contributed by atoms with Crippen LogP contribution in [0.2, 0.25) is 0 Å². The molecular formula is C12H17N3O4. The first kappa shape index (κ1) is 13.7. The molecule has 7 heteroatoms. The number of aromatic amines is 1. The van der Waals surface area contributed by atoms with E-state index in [0.29, 0.717) is 24.9 Å². The number of aromatic nitrogens is 2. The van der Waals surface area contributed by atoms with Gasteiger partial charge in [-0.25, -0.2) is 4.79 Å². The van der Waals surface area contributed by atoms with Crippen molar-refractivity contribution >= 4 is 6.29 Å². The summed E-state index contributed by atoms with van der Waals surface area (Å²) in [5.74, 6) is 0.00614. The van der Waals surface area contributed by atoms with E-state index < -0.39 is 17.5 Å². The molecular weight excluding hydrogens is 250 g/mol. The normalized spacial score (nSPS) is 26.5. The maximum absolute atomic E-state index is 11.8. The van der Waals surface area contributed by atoms with Crippen molar-refractivity contribution in [3.63, 3.8) is 0 Å². The van der Waals surface area contributed by atoms with Gasteiger partial charge in [-0.3, -0.25) is 14.3 Å². The van der Waals surface area contributed by atoms with E-state index in [0.717, 1.165) is 6.29 Å². The molecule has 2 rings (SSSR count). The van der Waals surface area contributed by atoms with Crippen molar-refractivity contribution in [3.8, 4) is 0 Å². The molecule has 0 unspecified atom stereocenters. The summed E-state index contributed by atoms with van der Waals surface area (Å²) in [6.45, 7) is 1.92. The Hall–Kier alpha value is -1.73. The van der Waals surface area contributed by atoms with E-state index in [4.69, 9.17) is 10.5 Å². The standard InChI is InChI=1S/C12H17N3O4/c1-7-6-15(12(18)14-11(7)17)10-4-8(2-3-16)9(5-13)19-10/h3,6,8-10H,2,4-5,13H2,1H3,(H,14,17,18)/t8-,9+,10+/m0/s1. The molecule has 3 atom stereocenters. The van der Waals surface area contributed by atoms with Crippen LogP contribution in [0.1, 0.15) is 24.6 Å². The molecule has 0 bridgehead atoms. The Balaban J connectivity index is 2.29. The number of rotatable bonds is 4. The Kier molecular flexibility index (Phi) is 3.96. The SMILES string of the molecule is Cc1cn([C@H]2C[C@H](CC=O)[C@@H](CN)O2)c(=O)[nH]c1=O. The third kappa shape index (κ3) is 2.66. The quantitative estimate of drug-likeness (QED) is 0.701. The Labute approximate surface area is 109 Å². The van der Waals surface area contributed by atoms with Gasteiger partial charge >= 0.3 is 5.69 Å². The number of hydrogen-bond acceptors (Lipinski definition) is 5. The van der Waals surface area contributed by atoms with Gasteiger partial charge in [0.05, 0.1) is 6.10 Å². The third-order valence-electron chi connectivity index (χ3n) is 3.45. The molecule has 0 radical (unpaired) electrons. The smallest absolute Gasteiger partial charge is 0.330 e. The predicted molar refractivity (Wildman–Crippen MR) is 67.8 cm³/mol. The number of aldehydes is 1. The maximum Gasteiger partial charge on any atom is 0.330 e. The first-order valence-corrected chi connectivity index (χ1v) is 6.18. The van der Waals surface area contributed by atoms with Crippen molar-refractivity contribution in [3.05, 3.63) is 32.6 Å². The fraction of sp³-hybridized carbons (Fsp3) is 0.583. The van der Waals surface area contributed by atoms with Crippen molar-refractivity contribution < 1.29 is 9.53 Å². The van der Waals surface area contributed by atoms with Gasteiger partial charge in [0.1, 0.15) is 12.5 Å². The number of nitrogens with one attached hydrogen (secondary N) is 1. The Morgan fingerprint density at radius 1 is 1.58 bits per heavy atom. The van der Waals surface area contributed by atoms with E-state index in [-0.39, 0.29) is 12.0 Å². The number of nitrogens with zero attached hydrogens (tertiary/aromatic N) is 1. The highest BCUT2D eigenvalue weighted by atomic mass is 16.5. The van der Waals surface area contributed by atoms with Gasteiger partial charge in [-0.05, 0) is 19.3 Å². The lowest BCUT2D eigenvalue weighted by Gasteiger charge is -2.15. The molecule has 0 aromatic carbocycles. The molecule has 1 fully saturated rings. The van der Waals surface area contributed by atoms with E-state index in [1.807, 2.05) is 0 Å². The summed E-state index contributed by atoms with van der Waals surface area (Å²) in [5, 5.41) is 0. The second kappa shape index (κ2) is 5.50. The van der Waals surface area contributed by atoms with Gasteiger partial charge in [-0.15, -0.1) is 0 Å². The molecule has 3 N–H and O–H groups in total. The Morgan fingerprint density at radius 3 is 2.95 bits per heavy atom. The number of carbonyl (C=O) groups is 1. The van der Waals surface area contributed by atoms with Crippen LogP contribution in [0.5, 0.6) is 0 Å². The van der Waals surface area contributed by atoms with E-state index >= 15 is 0 Å². The molecule has 1 aromatic heterocycles. The van der Waals surface area contributed by atoms with Crippen LogP contribution in [-0.2, 0) is 9.53 Å². The van der Waals surface area contributed by atoms with Gasteiger partial charge in [0.15, 0.2) is 0 Å². The number of hydrogen-bond donors (Lipinski definition) is 2. The summed E-state index contributed by atoms with van der Waals surface area (Å²) >= 11 is 0. The molecule has 1 aliphatic heterocycles. The fourth-order valence-electron chi connectivity index (χ4n) is 2.38. The Bertz CT molecular complexity index is 577. The maximum atomic E-state index is 11.8. The molecule has 1 aliphatic rings. The van der Waals surface area contributed by atoms with Crippen molar-refractivity contribution in [2.45, 2.75) is 32.1 Å². The highest BCUT2D eigenvalue weighted by molar-refractivity contribution is 5.50. The number of ether oxygens (including phenoxy) is 1. The summed E-state index contributed by atoms with van der Waals surface area (Å²) in [6.07, 6.45) is 2.47. The largest absolute Gasteiger partial charge is 0.353 e. The van der Waals surface area contributed by atoms with E-state index in [1.54, 1.807) is 6.92 Å². The van der Waals surface area contributed by atoms with Crippen LogP contribution in [0, 0.1) is 12.8 Å². The zero-order chi connectivity index (χ0) is 14.0. The first-order chi connectivity index (χ1) is 9.06. The van der Waals surface area contributed by atoms with E-state index in [2.05, 4.69) is 4.98 Å². The lowest BCUT2D eigenvalue weighted by atomic mass is 9.98. The summed E-state index contributed by atoms with van der Waals surface area (Å²) in [5.41, 5.74) is 5.12. The number of carbonyl (C=O) groups excluding carboxylic acids is 1. The van der Waals surface area contributed by atoms with Gasteiger partial charge < -0.3 is 15.3 Å². The average Bonchev–Trinajstić information content (AvgIpc) is 2.77. The highest BCUT2D eigenvalue weighted by Crippen LogP contribution is 2.33. The van der Waals surface area contributed by atoms with Crippen molar-refractivity contribution in [1.82, 2.24) is 9.55 Å². The first-order valence-electron chi connectivity index (χ1n) is 6.18. The fourth-order valence-corrected chi connectivity index (χ4v) is 2.38. The second-order valence-corrected chi connectivity index (χ2v) is 4.74. The van der Waals surface area contributed by atoms with Crippen molar-refractivity contribution in [2.24, 2.45) is 11.7 Å². The third-order valence-corrected chi connectivity index (χ3v) is 3.45. The molecule has 1 saturated heterocycles. The highest BCUT2D eigenvalue weighted by Gasteiger charge is 2.35. The topological polar surface area (TPSA) is 107 Å². The van der Waals surface area contributed by atoms with Gasteiger partial charge in [-0.2, -0.15) is 0 Å². The summed E-state index contributed by atoms with van der Waals surface area (Å²) in [4.78, 5) is 35.9. The van der Waals surface area contributed by atoms with E-state index in [1.165, 1.54) is 10.8 Å². The van der Waals surface area contributed by atoms with Crippen LogP contribution in [0.25, 0.3) is 0 Å². The van der Waals surface area contributed by atoms with Crippen LogP contribution < -0.4 is 17.0 Å². The predicted octanol–water partition coefficient (Wildman–Crippen LogP) is -0.704. The van der Waals surface area contributed by atoms with Crippen molar-refractivity contribution in [2.75, 3.05) is 6.54 Å². The number of nitrogens with two attached hydrogens (primary N) is 1. The Morgan fingerprint density at radius 2 is 2.32 bits per heavy atom. The van der Waals surface area contributed by atoms with Crippen LogP contribution in [0.15, 0.2) is 15.8 Å². The molecule has 1 aromatic rings. The minimum Gasteiger partial charge on any atom is -0.353 e. The molecule has 19 heavy (non-hydrogen) atoms. The van der Waals surface area contributed by atoms with Crippen LogP contribution in [0.4, 0.5) is 0 Å². The lowest BCUT2D eigenvalue weighted by Crippen LogP contribution is -2.33. The van der Waals surface area contributed by atoms with Gasteiger partial charge in [0.2, 0.25) is 0 Å². The van der Waals surface area contributed by atoms with Crippen LogP contribution >= 0.6 is 0 Å². The molecule has 0 saturated carbocycles. The summed E-state index contributed by atoms with van der Waals surface area (Å²) in [7, 11) is 0.